The van der Waals surface area contributed by atoms with Crippen LogP contribution in [0.25, 0.3) is 105 Å². The van der Waals surface area contributed by atoms with Crippen LogP contribution in [0.2, 0.25) is 0 Å². The summed E-state index contributed by atoms with van der Waals surface area (Å²) in [6.45, 7) is 0. The molecule has 0 amide bonds. The third-order valence-corrected chi connectivity index (χ3v) is 10.2. The van der Waals surface area contributed by atoms with Gasteiger partial charge in [0.1, 0.15) is 17.0 Å². The molecular formula is C47H28N4O. The molecule has 4 aromatic heterocycles. The van der Waals surface area contributed by atoms with Crippen LogP contribution in [0.15, 0.2) is 174 Å². The Morgan fingerprint density at radius 2 is 1.02 bits per heavy atom. The van der Waals surface area contributed by atoms with Crippen molar-refractivity contribution < 1.29 is 4.42 Å². The minimum Gasteiger partial charge on any atom is -0.455 e. The van der Waals surface area contributed by atoms with Crippen LogP contribution in [0, 0.1) is 0 Å². The molecule has 0 N–H and O–H groups in total. The van der Waals surface area contributed by atoms with Gasteiger partial charge in [-0.05, 0) is 30.3 Å². The first-order chi connectivity index (χ1) is 25.8. The highest BCUT2D eigenvalue weighted by atomic mass is 16.3. The lowest BCUT2D eigenvalue weighted by Crippen LogP contribution is -2.02. The SMILES string of the molecule is c1ccc(-c2nc(-c3cccc4c3oc3c4ccc4c(-c5ccccc5)nc5ccccc5c43)cc(-n3c4ccccc4c4ccccc43)n2)cc1. The van der Waals surface area contributed by atoms with Gasteiger partial charge in [-0.1, -0.05) is 133 Å². The highest BCUT2D eigenvalue weighted by molar-refractivity contribution is 6.25. The van der Waals surface area contributed by atoms with Crippen LogP contribution in [-0.4, -0.2) is 19.5 Å². The molecule has 11 aromatic rings. The lowest BCUT2D eigenvalue weighted by molar-refractivity contribution is 0.674. The quantitative estimate of drug-likeness (QED) is 0.176. The molecular weight excluding hydrogens is 637 g/mol. The summed E-state index contributed by atoms with van der Waals surface area (Å²) < 4.78 is 9.32. The van der Waals surface area contributed by atoms with Gasteiger partial charge in [-0.3, -0.25) is 4.57 Å². The van der Waals surface area contributed by atoms with Crippen LogP contribution >= 0.6 is 0 Å². The first-order valence-electron chi connectivity index (χ1n) is 17.5. The van der Waals surface area contributed by atoms with Gasteiger partial charge in [0.2, 0.25) is 0 Å². The number of para-hydroxylation sites is 4. The molecule has 0 unspecified atom stereocenters. The lowest BCUT2D eigenvalue weighted by atomic mass is 9.97. The summed E-state index contributed by atoms with van der Waals surface area (Å²) in [7, 11) is 0. The Bertz CT molecular complexity index is 3130. The zero-order valence-corrected chi connectivity index (χ0v) is 27.9. The molecule has 0 spiro atoms. The van der Waals surface area contributed by atoms with Crippen molar-refractivity contribution in [2.24, 2.45) is 0 Å². The monoisotopic (exact) mass is 664 g/mol. The number of aromatic nitrogens is 4. The highest BCUT2D eigenvalue weighted by Gasteiger charge is 2.21. The third-order valence-electron chi connectivity index (χ3n) is 10.2. The molecule has 5 nitrogen and oxygen atoms in total. The van der Waals surface area contributed by atoms with E-state index in [1.165, 1.54) is 10.8 Å². The maximum Gasteiger partial charge on any atom is 0.162 e. The second kappa shape index (κ2) is 11.2. The van der Waals surface area contributed by atoms with Gasteiger partial charge < -0.3 is 4.42 Å². The van der Waals surface area contributed by atoms with Gasteiger partial charge in [-0.25, -0.2) is 15.0 Å². The summed E-state index contributed by atoms with van der Waals surface area (Å²) >= 11 is 0. The Morgan fingerprint density at radius 3 is 1.77 bits per heavy atom. The first-order valence-corrected chi connectivity index (χ1v) is 17.5. The molecule has 0 saturated carbocycles. The number of benzene rings is 7. The molecule has 0 aliphatic carbocycles. The van der Waals surface area contributed by atoms with Crippen molar-refractivity contribution in [3.63, 3.8) is 0 Å². The Labute approximate surface area is 298 Å². The van der Waals surface area contributed by atoms with E-state index in [0.29, 0.717) is 5.82 Å². The van der Waals surface area contributed by atoms with Crippen molar-refractivity contribution in [1.29, 1.82) is 0 Å². The fourth-order valence-corrected chi connectivity index (χ4v) is 7.88. The zero-order valence-electron chi connectivity index (χ0n) is 27.9. The average Bonchev–Trinajstić information content (AvgIpc) is 3.77. The molecule has 11 rings (SSSR count). The summed E-state index contributed by atoms with van der Waals surface area (Å²) in [5, 5.41) is 7.63. The van der Waals surface area contributed by atoms with Gasteiger partial charge in [-0.15, -0.1) is 0 Å². The molecule has 4 heterocycles. The molecule has 0 atom stereocenters. The number of rotatable bonds is 4. The maximum atomic E-state index is 7.07. The fourth-order valence-electron chi connectivity index (χ4n) is 7.88. The van der Waals surface area contributed by atoms with Gasteiger partial charge in [0, 0.05) is 60.5 Å². The molecule has 0 bridgehead atoms. The summed E-state index contributed by atoms with van der Waals surface area (Å²) in [4.78, 5) is 15.6. The van der Waals surface area contributed by atoms with E-state index in [1.807, 2.05) is 30.3 Å². The maximum absolute atomic E-state index is 7.07. The summed E-state index contributed by atoms with van der Waals surface area (Å²) in [5.41, 5.74) is 9.40. The first kappa shape index (κ1) is 28.7. The molecule has 52 heavy (non-hydrogen) atoms. The Hall–Kier alpha value is -7.11. The molecule has 0 radical (unpaired) electrons. The van der Waals surface area contributed by atoms with Gasteiger partial charge in [0.05, 0.1) is 27.9 Å². The van der Waals surface area contributed by atoms with Gasteiger partial charge >= 0.3 is 0 Å². The van der Waals surface area contributed by atoms with Gasteiger partial charge in [0.25, 0.3) is 0 Å². The van der Waals surface area contributed by atoms with Crippen molar-refractivity contribution in [2.45, 2.75) is 0 Å². The number of pyridine rings is 1. The Kier molecular flexibility index (Phi) is 6.18. The number of hydrogen-bond donors (Lipinski definition) is 0. The highest BCUT2D eigenvalue weighted by Crippen LogP contribution is 2.43. The summed E-state index contributed by atoms with van der Waals surface area (Å²) in [5.74, 6) is 1.45. The Balaban J connectivity index is 1.22. The molecule has 0 aliphatic rings. The largest absolute Gasteiger partial charge is 0.455 e. The van der Waals surface area contributed by atoms with Crippen LogP contribution in [0.4, 0.5) is 0 Å². The summed E-state index contributed by atoms with van der Waals surface area (Å²) in [6, 6.07) is 58.8. The van der Waals surface area contributed by atoms with E-state index >= 15 is 0 Å². The average molecular weight is 665 g/mol. The fraction of sp³-hybridized carbons (Fsp3) is 0. The number of hydrogen-bond acceptors (Lipinski definition) is 4. The van der Waals surface area contributed by atoms with Crippen LogP contribution < -0.4 is 0 Å². The molecule has 5 heteroatoms. The summed E-state index contributed by atoms with van der Waals surface area (Å²) in [6.07, 6.45) is 0. The minimum absolute atomic E-state index is 0.651. The smallest absolute Gasteiger partial charge is 0.162 e. The van der Waals surface area contributed by atoms with Crippen LogP contribution in [0.3, 0.4) is 0 Å². The van der Waals surface area contributed by atoms with Crippen molar-refractivity contribution in [1.82, 2.24) is 19.5 Å². The third kappa shape index (κ3) is 4.26. The second-order valence-electron chi connectivity index (χ2n) is 13.2. The predicted octanol–water partition coefficient (Wildman–Crippen LogP) is 12.2. The van der Waals surface area contributed by atoms with E-state index in [0.717, 1.165) is 88.5 Å². The van der Waals surface area contributed by atoms with Crippen molar-refractivity contribution in [2.75, 3.05) is 0 Å². The molecule has 242 valence electrons. The van der Waals surface area contributed by atoms with Crippen molar-refractivity contribution in [3.8, 4) is 39.7 Å². The second-order valence-corrected chi connectivity index (χ2v) is 13.2. The number of nitrogens with zero attached hydrogens (tertiary/aromatic N) is 4. The molecule has 0 aliphatic heterocycles. The molecule has 0 saturated heterocycles. The van der Waals surface area contributed by atoms with Gasteiger partial charge in [-0.2, -0.15) is 0 Å². The standard InChI is InChI=1S/C47H28N4O/c1-3-14-29(15-4-1)44-37-27-26-34-33-21-13-22-36(45(33)52-46(34)43(37)35-20-7-10-23-38(35)48-44)39-28-42(50-47(49-39)30-16-5-2-6-17-30)51-40-24-11-8-18-31(40)32-19-9-12-25-41(32)51/h1-28H. The van der Waals surface area contributed by atoms with E-state index in [9.17, 15) is 0 Å². The molecule has 7 aromatic carbocycles. The van der Waals surface area contributed by atoms with Crippen LogP contribution in [0.5, 0.6) is 0 Å². The van der Waals surface area contributed by atoms with E-state index in [2.05, 4.69) is 144 Å². The van der Waals surface area contributed by atoms with Crippen LogP contribution in [0.1, 0.15) is 0 Å². The van der Waals surface area contributed by atoms with Gasteiger partial charge in [0.15, 0.2) is 5.82 Å². The Morgan fingerprint density at radius 1 is 0.423 bits per heavy atom. The molecule has 0 fully saturated rings. The topological polar surface area (TPSA) is 56.7 Å². The normalized spacial score (nSPS) is 11.8. The van der Waals surface area contributed by atoms with E-state index in [-0.39, 0.29) is 0 Å². The van der Waals surface area contributed by atoms with E-state index < -0.39 is 0 Å². The van der Waals surface area contributed by atoms with E-state index in [1.54, 1.807) is 0 Å². The number of fused-ring (bicyclic) bond motifs is 10. The lowest BCUT2D eigenvalue weighted by Gasteiger charge is -2.12. The van der Waals surface area contributed by atoms with Crippen molar-refractivity contribution in [3.05, 3.63) is 170 Å². The van der Waals surface area contributed by atoms with E-state index in [4.69, 9.17) is 19.4 Å². The van der Waals surface area contributed by atoms with Crippen LogP contribution in [-0.2, 0) is 0 Å². The zero-order chi connectivity index (χ0) is 34.2. The van der Waals surface area contributed by atoms with Crippen molar-refractivity contribution >= 4 is 65.4 Å². The number of furan rings is 1. The predicted molar refractivity (Wildman–Crippen MR) is 213 cm³/mol. The minimum atomic E-state index is 0.651.